The molecule has 21 heavy (non-hydrogen) atoms. The third-order valence-electron chi connectivity index (χ3n) is 2.62. The normalized spacial score (nSPS) is 10.8. The molecule has 0 heterocycles. The topological polar surface area (TPSA) is 71.2 Å². The number of phenolic OH excluding ortho intramolecular Hbond substituents is 1. The molecular formula is C14H10Cl2N2O3. The quantitative estimate of drug-likeness (QED) is 0.639. The van der Waals surface area contributed by atoms with Crippen LogP contribution in [0.5, 0.6) is 11.5 Å². The highest BCUT2D eigenvalue weighted by atomic mass is 35.5. The molecule has 0 aliphatic rings. The molecule has 2 aromatic rings. The molecule has 7 heteroatoms. The molecule has 0 saturated carbocycles. The molecule has 0 aliphatic heterocycles. The van der Waals surface area contributed by atoms with Crippen molar-refractivity contribution in [2.24, 2.45) is 10.2 Å². The zero-order valence-corrected chi connectivity index (χ0v) is 12.4. The number of aromatic hydroxyl groups is 1. The maximum absolute atomic E-state index is 10.9. The van der Waals surface area contributed by atoms with E-state index in [0.29, 0.717) is 27.7 Å². The Morgan fingerprint density at radius 3 is 2.57 bits per heavy atom. The smallest absolute Gasteiger partial charge is 0.168 e. The molecule has 0 aromatic heterocycles. The summed E-state index contributed by atoms with van der Waals surface area (Å²) in [7, 11) is 1.38. The van der Waals surface area contributed by atoms with Crippen LogP contribution in [0.3, 0.4) is 0 Å². The van der Waals surface area contributed by atoms with E-state index in [1.807, 2.05) is 0 Å². The molecule has 0 aliphatic carbocycles. The van der Waals surface area contributed by atoms with Gasteiger partial charge in [-0.25, -0.2) is 0 Å². The van der Waals surface area contributed by atoms with Gasteiger partial charge in [-0.15, -0.1) is 5.11 Å². The van der Waals surface area contributed by atoms with Gasteiger partial charge in [0.05, 0.1) is 23.4 Å². The first kappa shape index (κ1) is 15.3. The molecule has 108 valence electrons. The van der Waals surface area contributed by atoms with Gasteiger partial charge in [0.1, 0.15) is 5.69 Å². The van der Waals surface area contributed by atoms with Crippen LogP contribution in [0.1, 0.15) is 10.4 Å². The van der Waals surface area contributed by atoms with Crippen molar-refractivity contribution in [2.45, 2.75) is 0 Å². The van der Waals surface area contributed by atoms with E-state index in [1.54, 1.807) is 18.2 Å². The van der Waals surface area contributed by atoms with E-state index in [-0.39, 0.29) is 17.1 Å². The Kier molecular flexibility index (Phi) is 4.77. The SMILES string of the molecule is COc1cc(N=Nc2ccc(Cl)cc2Cl)cc(C=O)c1O. The molecule has 0 fully saturated rings. The summed E-state index contributed by atoms with van der Waals surface area (Å²) in [4.78, 5) is 10.9. The minimum atomic E-state index is -0.240. The number of hydrogen-bond donors (Lipinski definition) is 1. The van der Waals surface area contributed by atoms with Gasteiger partial charge < -0.3 is 9.84 Å². The van der Waals surface area contributed by atoms with E-state index < -0.39 is 0 Å². The Morgan fingerprint density at radius 2 is 1.95 bits per heavy atom. The van der Waals surface area contributed by atoms with Gasteiger partial charge in [0, 0.05) is 11.1 Å². The van der Waals surface area contributed by atoms with Crippen molar-refractivity contribution in [3.05, 3.63) is 45.9 Å². The van der Waals surface area contributed by atoms with Crippen LogP contribution in [-0.2, 0) is 0 Å². The number of methoxy groups -OCH3 is 1. The number of rotatable bonds is 4. The van der Waals surface area contributed by atoms with E-state index in [4.69, 9.17) is 27.9 Å². The summed E-state index contributed by atoms with van der Waals surface area (Å²) >= 11 is 11.8. The number of ether oxygens (including phenoxy) is 1. The summed E-state index contributed by atoms with van der Waals surface area (Å²) in [6, 6.07) is 7.64. The Bertz CT molecular complexity index is 718. The lowest BCUT2D eigenvalue weighted by atomic mass is 10.2. The summed E-state index contributed by atoms with van der Waals surface area (Å²) in [5.74, 6) is -0.105. The fraction of sp³-hybridized carbons (Fsp3) is 0.0714. The summed E-state index contributed by atoms with van der Waals surface area (Å²) < 4.78 is 4.97. The molecule has 0 unspecified atom stereocenters. The minimum absolute atomic E-state index is 0.0607. The number of nitrogens with zero attached hydrogens (tertiary/aromatic N) is 2. The van der Waals surface area contributed by atoms with Crippen molar-refractivity contribution in [1.29, 1.82) is 0 Å². The van der Waals surface area contributed by atoms with Crippen molar-refractivity contribution in [3.8, 4) is 11.5 Å². The zero-order valence-electron chi connectivity index (χ0n) is 10.9. The van der Waals surface area contributed by atoms with Crippen molar-refractivity contribution in [3.63, 3.8) is 0 Å². The molecule has 2 rings (SSSR count). The highest BCUT2D eigenvalue weighted by Crippen LogP contribution is 2.35. The second kappa shape index (κ2) is 6.56. The summed E-state index contributed by atoms with van der Waals surface area (Å²) in [6.45, 7) is 0. The standard InChI is InChI=1S/C14H10Cl2N2O3/c1-21-13-6-10(4-8(7-19)14(13)20)17-18-12-3-2-9(15)5-11(12)16/h2-7,20H,1H3. The predicted octanol–water partition coefficient (Wildman–Crippen LogP) is 4.94. The van der Waals surface area contributed by atoms with Crippen LogP contribution >= 0.6 is 23.2 Å². The summed E-state index contributed by atoms with van der Waals surface area (Å²) in [6.07, 6.45) is 0.506. The lowest BCUT2D eigenvalue weighted by molar-refractivity contribution is 0.112. The Morgan fingerprint density at radius 1 is 1.19 bits per heavy atom. The molecule has 0 saturated heterocycles. The molecule has 2 aromatic carbocycles. The number of phenols is 1. The van der Waals surface area contributed by atoms with Crippen LogP contribution in [0.4, 0.5) is 11.4 Å². The summed E-state index contributed by atoms with van der Waals surface area (Å²) in [5, 5.41) is 18.5. The van der Waals surface area contributed by atoms with Gasteiger partial charge >= 0.3 is 0 Å². The molecule has 0 bridgehead atoms. The van der Waals surface area contributed by atoms with E-state index in [1.165, 1.54) is 19.2 Å². The molecule has 0 spiro atoms. The highest BCUT2D eigenvalue weighted by Gasteiger charge is 2.10. The van der Waals surface area contributed by atoms with E-state index in [0.717, 1.165) is 0 Å². The maximum Gasteiger partial charge on any atom is 0.168 e. The number of hydrogen-bond acceptors (Lipinski definition) is 5. The van der Waals surface area contributed by atoms with Crippen molar-refractivity contribution in [1.82, 2.24) is 0 Å². The molecule has 0 atom stereocenters. The van der Waals surface area contributed by atoms with Gasteiger partial charge in [-0.05, 0) is 24.3 Å². The van der Waals surface area contributed by atoms with Crippen LogP contribution in [0.25, 0.3) is 0 Å². The number of carbonyl (C=O) groups excluding carboxylic acids is 1. The Balaban J connectivity index is 2.38. The van der Waals surface area contributed by atoms with Crippen LogP contribution < -0.4 is 4.74 Å². The van der Waals surface area contributed by atoms with Gasteiger partial charge in [0.15, 0.2) is 17.8 Å². The third kappa shape index (κ3) is 3.51. The molecule has 0 amide bonds. The summed E-state index contributed by atoms with van der Waals surface area (Å²) in [5.41, 5.74) is 0.837. The fourth-order valence-corrected chi connectivity index (χ4v) is 2.04. The average Bonchev–Trinajstić information content (AvgIpc) is 2.47. The van der Waals surface area contributed by atoms with E-state index in [2.05, 4.69) is 10.2 Å². The number of azo groups is 1. The molecule has 0 radical (unpaired) electrons. The first-order valence-corrected chi connectivity index (χ1v) is 6.53. The number of aldehydes is 1. The Labute approximate surface area is 130 Å². The van der Waals surface area contributed by atoms with Crippen LogP contribution in [0.2, 0.25) is 10.0 Å². The van der Waals surface area contributed by atoms with Gasteiger partial charge in [-0.1, -0.05) is 23.2 Å². The number of benzene rings is 2. The fourth-order valence-electron chi connectivity index (χ4n) is 1.59. The molecule has 5 nitrogen and oxygen atoms in total. The lowest BCUT2D eigenvalue weighted by Gasteiger charge is -2.06. The highest BCUT2D eigenvalue weighted by molar-refractivity contribution is 6.36. The molecular weight excluding hydrogens is 315 g/mol. The largest absolute Gasteiger partial charge is 0.504 e. The molecule has 1 N–H and O–H groups in total. The number of halogens is 2. The monoisotopic (exact) mass is 324 g/mol. The van der Waals surface area contributed by atoms with Gasteiger partial charge in [-0.3, -0.25) is 4.79 Å². The van der Waals surface area contributed by atoms with Crippen molar-refractivity contribution in [2.75, 3.05) is 7.11 Å². The van der Waals surface area contributed by atoms with Crippen LogP contribution in [0, 0.1) is 0 Å². The second-order valence-electron chi connectivity index (χ2n) is 4.00. The number of carbonyl (C=O) groups is 1. The Hall–Kier alpha value is -2.11. The van der Waals surface area contributed by atoms with Gasteiger partial charge in [0.25, 0.3) is 0 Å². The zero-order chi connectivity index (χ0) is 15.4. The predicted molar refractivity (Wildman–Crippen MR) is 80.7 cm³/mol. The maximum atomic E-state index is 10.9. The van der Waals surface area contributed by atoms with E-state index in [9.17, 15) is 9.90 Å². The third-order valence-corrected chi connectivity index (χ3v) is 3.16. The van der Waals surface area contributed by atoms with Gasteiger partial charge in [0.2, 0.25) is 0 Å². The average molecular weight is 325 g/mol. The van der Waals surface area contributed by atoms with Crippen LogP contribution in [-0.4, -0.2) is 18.5 Å². The first-order chi connectivity index (χ1) is 10.0. The van der Waals surface area contributed by atoms with Crippen LogP contribution in [0.15, 0.2) is 40.6 Å². The van der Waals surface area contributed by atoms with E-state index >= 15 is 0 Å². The van der Waals surface area contributed by atoms with Gasteiger partial charge in [-0.2, -0.15) is 5.11 Å². The van der Waals surface area contributed by atoms with Crippen molar-refractivity contribution < 1.29 is 14.6 Å². The first-order valence-electron chi connectivity index (χ1n) is 5.78. The minimum Gasteiger partial charge on any atom is -0.504 e. The lowest BCUT2D eigenvalue weighted by Crippen LogP contribution is -1.88. The van der Waals surface area contributed by atoms with Crippen molar-refractivity contribution >= 4 is 40.9 Å². The second-order valence-corrected chi connectivity index (χ2v) is 4.84.